The van der Waals surface area contributed by atoms with E-state index in [1.54, 1.807) is 11.3 Å². The second kappa shape index (κ2) is 4.28. The van der Waals surface area contributed by atoms with Crippen LogP contribution in [-0.4, -0.2) is 42.1 Å². The quantitative estimate of drug-likeness (QED) is 0.757. The molecule has 1 saturated heterocycles. The van der Waals surface area contributed by atoms with Crippen molar-refractivity contribution in [2.24, 2.45) is 0 Å². The summed E-state index contributed by atoms with van der Waals surface area (Å²) in [7, 11) is 2.18. The average Bonchev–Trinajstić information content (AvgIpc) is 2.60. The van der Waals surface area contributed by atoms with Crippen LogP contribution < -0.4 is 4.90 Å². The highest BCUT2D eigenvalue weighted by molar-refractivity contribution is 7.14. The Kier molecular flexibility index (Phi) is 3.19. The van der Waals surface area contributed by atoms with Gasteiger partial charge in [0.1, 0.15) is 5.15 Å². The molecular weight excluding hydrogens is 230 g/mol. The van der Waals surface area contributed by atoms with Gasteiger partial charge in [-0.3, -0.25) is 4.90 Å². The lowest BCUT2D eigenvalue weighted by molar-refractivity contribution is 0.170. The highest BCUT2D eigenvalue weighted by Gasteiger charge is 2.27. The lowest BCUT2D eigenvalue weighted by atomic mass is 10.1. The van der Waals surface area contributed by atoms with Gasteiger partial charge in [-0.25, -0.2) is 4.98 Å². The molecule has 3 nitrogen and oxygen atoms in total. The molecule has 0 saturated carbocycles. The maximum atomic E-state index is 5.84. The zero-order valence-corrected chi connectivity index (χ0v) is 10.8. The van der Waals surface area contributed by atoms with Crippen molar-refractivity contribution in [1.82, 2.24) is 9.88 Å². The number of hydrogen-bond donors (Lipinski definition) is 0. The van der Waals surface area contributed by atoms with Gasteiger partial charge in [0.25, 0.3) is 0 Å². The van der Waals surface area contributed by atoms with Crippen molar-refractivity contribution in [1.29, 1.82) is 0 Å². The monoisotopic (exact) mass is 245 g/mol. The zero-order valence-electron chi connectivity index (χ0n) is 9.27. The van der Waals surface area contributed by atoms with Gasteiger partial charge in [-0.15, -0.1) is 11.3 Å². The van der Waals surface area contributed by atoms with E-state index in [9.17, 15) is 0 Å². The third-order valence-electron chi connectivity index (χ3n) is 3.09. The van der Waals surface area contributed by atoms with E-state index in [-0.39, 0.29) is 0 Å². The van der Waals surface area contributed by atoms with Crippen LogP contribution in [0.4, 0.5) is 5.13 Å². The minimum absolute atomic E-state index is 0.566. The van der Waals surface area contributed by atoms with Gasteiger partial charge in [-0.2, -0.15) is 0 Å². The van der Waals surface area contributed by atoms with Crippen molar-refractivity contribution in [3.63, 3.8) is 0 Å². The summed E-state index contributed by atoms with van der Waals surface area (Å²) in [5, 5.41) is 3.55. The van der Waals surface area contributed by atoms with Crippen LogP contribution in [0.25, 0.3) is 0 Å². The maximum Gasteiger partial charge on any atom is 0.186 e. The maximum absolute atomic E-state index is 5.84. The summed E-state index contributed by atoms with van der Waals surface area (Å²) in [6, 6.07) is 1.13. The van der Waals surface area contributed by atoms with E-state index in [4.69, 9.17) is 11.6 Å². The standard InChI is InChI=1S/C10H16ClN3S/c1-7-4-14(5-8(2)13(7)3)10-12-9(11)6-15-10/h6-8H,4-5H2,1-3H3. The van der Waals surface area contributed by atoms with E-state index >= 15 is 0 Å². The van der Waals surface area contributed by atoms with E-state index in [2.05, 4.69) is 35.7 Å². The zero-order chi connectivity index (χ0) is 11.0. The SMILES string of the molecule is CC1CN(c2nc(Cl)cs2)CC(C)N1C. The Morgan fingerprint density at radius 3 is 2.47 bits per heavy atom. The number of nitrogens with zero attached hydrogens (tertiary/aromatic N) is 3. The number of aromatic nitrogens is 1. The highest BCUT2D eigenvalue weighted by Crippen LogP contribution is 2.26. The molecule has 15 heavy (non-hydrogen) atoms. The fourth-order valence-corrected chi connectivity index (χ4v) is 2.92. The Hall–Kier alpha value is -0.320. The Labute approximate surface area is 99.7 Å². The second-order valence-electron chi connectivity index (χ2n) is 4.22. The van der Waals surface area contributed by atoms with Crippen LogP contribution in [0.15, 0.2) is 5.38 Å². The number of thiazole rings is 1. The molecule has 2 atom stereocenters. The average molecular weight is 246 g/mol. The minimum atomic E-state index is 0.566. The van der Waals surface area contributed by atoms with E-state index in [1.807, 2.05) is 5.38 Å². The molecule has 1 aliphatic heterocycles. The molecule has 1 aromatic rings. The predicted octanol–water partition coefficient (Wildman–Crippen LogP) is 2.33. The first-order chi connectivity index (χ1) is 7.08. The lowest BCUT2D eigenvalue weighted by Crippen LogP contribution is -2.55. The van der Waals surface area contributed by atoms with Gasteiger partial charge in [-0.1, -0.05) is 11.6 Å². The molecule has 1 aliphatic rings. The summed E-state index contributed by atoms with van der Waals surface area (Å²) in [6.07, 6.45) is 0. The van der Waals surface area contributed by atoms with Crippen molar-refractivity contribution in [3.05, 3.63) is 10.5 Å². The predicted molar refractivity (Wildman–Crippen MR) is 66.0 cm³/mol. The van der Waals surface area contributed by atoms with Gasteiger partial charge in [0, 0.05) is 30.6 Å². The number of rotatable bonds is 1. The first kappa shape index (κ1) is 11.2. The fourth-order valence-electron chi connectivity index (χ4n) is 1.95. The van der Waals surface area contributed by atoms with Crippen molar-refractivity contribution in [3.8, 4) is 0 Å². The minimum Gasteiger partial charge on any atom is -0.345 e. The largest absolute Gasteiger partial charge is 0.345 e. The molecule has 0 N–H and O–H groups in total. The smallest absolute Gasteiger partial charge is 0.186 e. The number of likely N-dealkylation sites (N-methyl/N-ethyl adjacent to an activating group) is 1. The summed E-state index contributed by atoms with van der Waals surface area (Å²) in [6.45, 7) is 6.56. The summed E-state index contributed by atoms with van der Waals surface area (Å²) in [5.41, 5.74) is 0. The van der Waals surface area contributed by atoms with E-state index in [0.29, 0.717) is 17.2 Å². The summed E-state index contributed by atoms with van der Waals surface area (Å²) >= 11 is 7.47. The second-order valence-corrected chi connectivity index (χ2v) is 5.45. The molecule has 2 unspecified atom stereocenters. The molecule has 84 valence electrons. The van der Waals surface area contributed by atoms with Crippen LogP contribution in [0.1, 0.15) is 13.8 Å². The molecule has 1 aromatic heterocycles. The van der Waals surface area contributed by atoms with Gasteiger partial charge >= 0.3 is 0 Å². The Morgan fingerprint density at radius 2 is 2.00 bits per heavy atom. The molecule has 0 spiro atoms. The van der Waals surface area contributed by atoms with Crippen molar-refractivity contribution < 1.29 is 0 Å². The Morgan fingerprint density at radius 1 is 1.40 bits per heavy atom. The Balaban J connectivity index is 2.12. The van der Waals surface area contributed by atoms with Crippen LogP contribution in [-0.2, 0) is 0 Å². The van der Waals surface area contributed by atoms with E-state index < -0.39 is 0 Å². The van der Waals surface area contributed by atoms with Crippen molar-refractivity contribution in [2.45, 2.75) is 25.9 Å². The molecule has 0 aromatic carbocycles. The Bertz CT molecular complexity index is 329. The van der Waals surface area contributed by atoms with Gasteiger partial charge in [0.05, 0.1) is 0 Å². The van der Waals surface area contributed by atoms with Gasteiger partial charge in [-0.05, 0) is 20.9 Å². The van der Waals surface area contributed by atoms with Gasteiger partial charge in [0.2, 0.25) is 0 Å². The highest BCUT2D eigenvalue weighted by atomic mass is 35.5. The molecule has 5 heteroatoms. The summed E-state index contributed by atoms with van der Waals surface area (Å²) in [4.78, 5) is 9.05. The number of piperazine rings is 1. The normalized spacial score (nSPS) is 28.4. The van der Waals surface area contributed by atoms with Crippen LogP contribution in [0, 0.1) is 0 Å². The van der Waals surface area contributed by atoms with Crippen molar-refractivity contribution in [2.75, 3.05) is 25.0 Å². The van der Waals surface area contributed by atoms with Crippen LogP contribution >= 0.6 is 22.9 Å². The molecule has 0 amide bonds. The number of hydrogen-bond acceptors (Lipinski definition) is 4. The van der Waals surface area contributed by atoms with E-state index in [1.165, 1.54) is 0 Å². The number of halogens is 1. The third kappa shape index (κ3) is 2.27. The van der Waals surface area contributed by atoms with Crippen molar-refractivity contribution >= 4 is 28.1 Å². The van der Waals surface area contributed by atoms with Crippen LogP contribution in [0.5, 0.6) is 0 Å². The first-order valence-corrected chi connectivity index (χ1v) is 6.41. The third-order valence-corrected chi connectivity index (χ3v) is 4.32. The summed E-state index contributed by atoms with van der Waals surface area (Å²) < 4.78 is 0. The molecule has 2 heterocycles. The lowest BCUT2D eigenvalue weighted by Gasteiger charge is -2.42. The molecule has 1 fully saturated rings. The van der Waals surface area contributed by atoms with Gasteiger partial charge < -0.3 is 4.90 Å². The van der Waals surface area contributed by atoms with Gasteiger partial charge in [0.15, 0.2) is 5.13 Å². The topological polar surface area (TPSA) is 19.4 Å². The fraction of sp³-hybridized carbons (Fsp3) is 0.700. The van der Waals surface area contributed by atoms with E-state index in [0.717, 1.165) is 18.2 Å². The molecule has 0 radical (unpaired) electrons. The first-order valence-electron chi connectivity index (χ1n) is 5.16. The molecular formula is C10H16ClN3S. The van der Waals surface area contributed by atoms with Crippen LogP contribution in [0.3, 0.4) is 0 Å². The molecule has 0 aliphatic carbocycles. The number of anilines is 1. The molecule has 2 rings (SSSR count). The summed E-state index contributed by atoms with van der Waals surface area (Å²) in [5.74, 6) is 0. The van der Waals surface area contributed by atoms with Crippen LogP contribution in [0.2, 0.25) is 5.15 Å². The molecule has 0 bridgehead atoms.